The molecule has 2 aliphatic rings. The number of nitrogens with one attached hydrogen (secondary N) is 1. The Morgan fingerprint density at radius 3 is 2.83 bits per heavy atom. The van der Waals surface area contributed by atoms with Gasteiger partial charge in [0.25, 0.3) is 0 Å². The predicted molar refractivity (Wildman–Crippen MR) is 96.3 cm³/mol. The van der Waals surface area contributed by atoms with Crippen molar-refractivity contribution in [1.29, 1.82) is 0 Å². The molecule has 1 saturated heterocycles. The van der Waals surface area contributed by atoms with Gasteiger partial charge in [-0.1, -0.05) is 42.5 Å². The van der Waals surface area contributed by atoms with Gasteiger partial charge in [-0.3, -0.25) is 4.90 Å². The molecule has 1 fully saturated rings. The van der Waals surface area contributed by atoms with Crippen LogP contribution < -0.4 is 4.74 Å². The van der Waals surface area contributed by atoms with Gasteiger partial charge >= 0.3 is 0 Å². The van der Waals surface area contributed by atoms with Gasteiger partial charge in [-0.15, -0.1) is 0 Å². The van der Waals surface area contributed by atoms with Gasteiger partial charge in [-0.2, -0.15) is 0 Å². The fraction of sp³-hybridized carbons (Fsp3) is 0.333. The first-order valence-corrected chi connectivity index (χ1v) is 8.83. The number of H-pyrrole nitrogens is 1. The van der Waals surface area contributed by atoms with Crippen LogP contribution in [0.15, 0.2) is 48.5 Å². The van der Waals surface area contributed by atoms with Crippen molar-refractivity contribution in [2.24, 2.45) is 0 Å². The maximum absolute atomic E-state index is 6.15. The third-order valence-corrected chi connectivity index (χ3v) is 5.77. The van der Waals surface area contributed by atoms with Gasteiger partial charge in [0, 0.05) is 29.6 Å². The number of ether oxygens (including phenoxy) is 1. The van der Waals surface area contributed by atoms with Crippen LogP contribution in [0, 0.1) is 0 Å². The van der Waals surface area contributed by atoms with E-state index in [1.54, 1.807) is 0 Å². The molecule has 3 nitrogen and oxygen atoms in total. The summed E-state index contributed by atoms with van der Waals surface area (Å²) < 4.78 is 6.15. The molecule has 0 spiro atoms. The van der Waals surface area contributed by atoms with Crippen LogP contribution in [-0.4, -0.2) is 23.0 Å². The van der Waals surface area contributed by atoms with Crippen molar-refractivity contribution in [2.75, 3.05) is 7.05 Å². The number of hydrogen-bond acceptors (Lipinski definition) is 2. The highest BCUT2D eigenvalue weighted by Gasteiger charge is 2.39. The molecular weight excluding hydrogens is 296 g/mol. The van der Waals surface area contributed by atoms with Gasteiger partial charge in [0.2, 0.25) is 0 Å². The van der Waals surface area contributed by atoms with Crippen LogP contribution in [0.25, 0.3) is 10.9 Å². The number of para-hydroxylation sites is 1. The molecule has 2 aromatic carbocycles. The quantitative estimate of drug-likeness (QED) is 0.773. The van der Waals surface area contributed by atoms with Gasteiger partial charge in [0.05, 0.1) is 5.52 Å². The second kappa shape index (κ2) is 5.38. The van der Waals surface area contributed by atoms with E-state index >= 15 is 0 Å². The molecule has 1 N–H and O–H groups in total. The fourth-order valence-electron chi connectivity index (χ4n) is 4.50. The lowest BCUT2D eigenvalue weighted by atomic mass is 9.97. The number of likely N-dealkylation sites (N-methyl/N-ethyl adjacent to an activating group) is 1. The van der Waals surface area contributed by atoms with Crippen LogP contribution >= 0.6 is 0 Å². The zero-order valence-electron chi connectivity index (χ0n) is 14.0. The van der Waals surface area contributed by atoms with Gasteiger partial charge < -0.3 is 9.72 Å². The van der Waals surface area contributed by atoms with Crippen molar-refractivity contribution < 1.29 is 4.74 Å². The predicted octanol–water partition coefficient (Wildman–Crippen LogP) is 4.44. The SMILES string of the molecule is CN1C2CCC1c1c([nH]c3c(OCc4ccccc4)cccc13)C2. The number of rotatable bonds is 3. The highest BCUT2D eigenvalue weighted by atomic mass is 16.5. The summed E-state index contributed by atoms with van der Waals surface area (Å²) in [6.07, 6.45) is 3.72. The number of fused-ring (bicyclic) bond motifs is 6. The van der Waals surface area contributed by atoms with Gasteiger partial charge in [0.15, 0.2) is 0 Å². The minimum atomic E-state index is 0.567. The second-order valence-corrected chi connectivity index (χ2v) is 7.09. The van der Waals surface area contributed by atoms with Crippen LogP contribution in [0.3, 0.4) is 0 Å². The number of nitrogens with zero attached hydrogens (tertiary/aromatic N) is 1. The molecule has 24 heavy (non-hydrogen) atoms. The van der Waals surface area contributed by atoms with E-state index in [0.717, 1.165) is 12.2 Å². The van der Waals surface area contributed by atoms with E-state index in [-0.39, 0.29) is 0 Å². The minimum Gasteiger partial charge on any atom is -0.487 e. The Hall–Kier alpha value is -2.26. The monoisotopic (exact) mass is 318 g/mol. The molecule has 2 bridgehead atoms. The van der Waals surface area contributed by atoms with E-state index in [0.29, 0.717) is 18.7 Å². The first-order chi connectivity index (χ1) is 11.8. The second-order valence-electron chi connectivity index (χ2n) is 7.09. The van der Waals surface area contributed by atoms with Crippen LogP contribution in [0.4, 0.5) is 0 Å². The highest BCUT2D eigenvalue weighted by Crippen LogP contribution is 2.46. The maximum atomic E-state index is 6.15. The zero-order chi connectivity index (χ0) is 16.1. The van der Waals surface area contributed by atoms with Crippen LogP contribution in [0.2, 0.25) is 0 Å². The molecule has 5 rings (SSSR count). The van der Waals surface area contributed by atoms with Crippen molar-refractivity contribution in [3.8, 4) is 5.75 Å². The molecule has 0 saturated carbocycles. The molecule has 1 aromatic heterocycles. The lowest BCUT2D eigenvalue weighted by molar-refractivity contribution is 0.224. The average Bonchev–Trinajstić information content (AvgIpc) is 3.09. The molecule has 2 aliphatic heterocycles. The Morgan fingerprint density at radius 1 is 1.08 bits per heavy atom. The number of benzene rings is 2. The molecule has 0 aliphatic carbocycles. The van der Waals surface area contributed by atoms with Crippen molar-refractivity contribution in [1.82, 2.24) is 9.88 Å². The lowest BCUT2D eigenvalue weighted by Gasteiger charge is -2.31. The third-order valence-electron chi connectivity index (χ3n) is 5.77. The summed E-state index contributed by atoms with van der Waals surface area (Å²) in [5.74, 6) is 0.962. The molecule has 122 valence electrons. The normalized spacial score (nSPS) is 22.7. The number of aromatic amines is 1. The standard InChI is InChI=1S/C21H22N2O/c1-23-15-10-11-18(23)20-16-8-5-9-19(21(16)22-17(20)12-15)24-13-14-6-3-2-4-7-14/h2-9,15,18,22H,10-13H2,1H3. The molecule has 3 heteroatoms. The Labute approximate surface area is 142 Å². The van der Waals surface area contributed by atoms with E-state index in [1.165, 1.54) is 40.6 Å². The summed E-state index contributed by atoms with van der Waals surface area (Å²) in [7, 11) is 2.28. The largest absolute Gasteiger partial charge is 0.487 e. The van der Waals surface area contributed by atoms with Crippen molar-refractivity contribution in [2.45, 2.75) is 38.0 Å². The Bertz CT molecular complexity index is 883. The first-order valence-electron chi connectivity index (χ1n) is 8.83. The van der Waals surface area contributed by atoms with E-state index in [9.17, 15) is 0 Å². The topological polar surface area (TPSA) is 28.3 Å². The Kier molecular flexibility index (Phi) is 3.17. The van der Waals surface area contributed by atoms with Crippen LogP contribution in [-0.2, 0) is 13.0 Å². The van der Waals surface area contributed by atoms with Crippen molar-refractivity contribution >= 4 is 10.9 Å². The summed E-state index contributed by atoms with van der Waals surface area (Å²) in [6.45, 7) is 0.607. The molecule has 0 radical (unpaired) electrons. The summed E-state index contributed by atoms with van der Waals surface area (Å²) in [6, 6.07) is 18.1. The van der Waals surface area contributed by atoms with Crippen molar-refractivity contribution in [3.63, 3.8) is 0 Å². The summed E-state index contributed by atoms with van der Waals surface area (Å²) in [4.78, 5) is 6.25. The molecule has 2 atom stereocenters. The van der Waals surface area contributed by atoms with E-state index < -0.39 is 0 Å². The van der Waals surface area contributed by atoms with Gasteiger partial charge in [-0.25, -0.2) is 0 Å². The van der Waals surface area contributed by atoms with Crippen LogP contribution in [0.1, 0.15) is 35.7 Å². The minimum absolute atomic E-state index is 0.567. The number of hydrogen-bond donors (Lipinski definition) is 1. The smallest absolute Gasteiger partial charge is 0.143 e. The van der Waals surface area contributed by atoms with Gasteiger partial charge in [0.1, 0.15) is 12.4 Å². The highest BCUT2D eigenvalue weighted by molar-refractivity contribution is 5.90. The molecule has 3 aromatic rings. The first kappa shape index (κ1) is 14.1. The van der Waals surface area contributed by atoms with Gasteiger partial charge in [-0.05, 0) is 37.1 Å². The Balaban J connectivity index is 1.53. The summed E-state index contributed by atoms with van der Waals surface area (Å²) in [5, 5.41) is 1.34. The Morgan fingerprint density at radius 2 is 1.96 bits per heavy atom. The van der Waals surface area contributed by atoms with Crippen LogP contribution in [0.5, 0.6) is 5.75 Å². The fourth-order valence-corrected chi connectivity index (χ4v) is 4.50. The van der Waals surface area contributed by atoms with E-state index in [2.05, 4.69) is 59.4 Å². The molecule has 3 heterocycles. The number of aromatic nitrogens is 1. The average molecular weight is 318 g/mol. The summed E-state index contributed by atoms with van der Waals surface area (Å²) in [5.41, 5.74) is 5.29. The van der Waals surface area contributed by atoms with Crippen molar-refractivity contribution in [3.05, 3.63) is 65.4 Å². The summed E-state index contributed by atoms with van der Waals surface area (Å²) >= 11 is 0. The van der Waals surface area contributed by atoms with E-state index in [4.69, 9.17) is 4.74 Å². The zero-order valence-corrected chi connectivity index (χ0v) is 14.0. The molecular formula is C21H22N2O. The lowest BCUT2D eigenvalue weighted by Crippen LogP contribution is -2.33. The maximum Gasteiger partial charge on any atom is 0.143 e. The van der Waals surface area contributed by atoms with E-state index in [1.807, 2.05) is 6.07 Å². The molecule has 0 amide bonds. The molecule has 2 unspecified atom stereocenters. The third kappa shape index (κ3) is 2.08.